The summed E-state index contributed by atoms with van der Waals surface area (Å²) < 4.78 is 37.9. The van der Waals surface area contributed by atoms with E-state index in [4.69, 9.17) is 12.2 Å². The predicted octanol–water partition coefficient (Wildman–Crippen LogP) is 3.48. The fourth-order valence-electron chi connectivity index (χ4n) is 2.46. The monoisotopic (exact) mass is 331 g/mol. The average molecular weight is 331 g/mol. The Morgan fingerprint density at radius 2 is 1.91 bits per heavy atom. The lowest BCUT2D eigenvalue weighted by molar-refractivity contribution is -0.137. The molecule has 7 heteroatoms. The van der Waals surface area contributed by atoms with E-state index in [-0.39, 0.29) is 0 Å². The van der Waals surface area contributed by atoms with Crippen LogP contribution in [0, 0.1) is 0 Å². The van der Waals surface area contributed by atoms with Crippen molar-refractivity contribution in [1.82, 2.24) is 10.2 Å². The van der Waals surface area contributed by atoms with Gasteiger partial charge in [0.05, 0.1) is 5.56 Å². The second kappa shape index (κ2) is 7.78. The van der Waals surface area contributed by atoms with Gasteiger partial charge in [0.2, 0.25) is 0 Å². The SMILES string of the molecule is FC(F)(F)c1cccc(NC(=S)NCCN2CCCCC2)c1. The summed E-state index contributed by atoms with van der Waals surface area (Å²) in [5.74, 6) is 0. The molecule has 3 nitrogen and oxygen atoms in total. The van der Waals surface area contributed by atoms with E-state index in [0.717, 1.165) is 31.8 Å². The first kappa shape index (κ1) is 17.0. The van der Waals surface area contributed by atoms with E-state index >= 15 is 0 Å². The summed E-state index contributed by atoms with van der Waals surface area (Å²) >= 11 is 5.12. The highest BCUT2D eigenvalue weighted by Crippen LogP contribution is 2.30. The number of anilines is 1. The molecule has 0 aliphatic carbocycles. The highest BCUT2D eigenvalue weighted by molar-refractivity contribution is 7.80. The number of rotatable bonds is 4. The third-order valence-electron chi connectivity index (χ3n) is 3.61. The molecule has 1 fully saturated rings. The van der Waals surface area contributed by atoms with Crippen molar-refractivity contribution in [2.24, 2.45) is 0 Å². The van der Waals surface area contributed by atoms with Crippen molar-refractivity contribution < 1.29 is 13.2 Å². The molecule has 0 atom stereocenters. The number of alkyl halides is 3. The predicted molar refractivity (Wildman–Crippen MR) is 86.0 cm³/mol. The summed E-state index contributed by atoms with van der Waals surface area (Å²) in [6.07, 6.45) is -0.597. The van der Waals surface area contributed by atoms with Crippen LogP contribution >= 0.6 is 12.2 Å². The Bertz CT molecular complexity index is 499. The molecule has 0 radical (unpaired) electrons. The maximum absolute atomic E-state index is 12.6. The molecule has 0 unspecified atom stereocenters. The molecule has 1 saturated heterocycles. The highest BCUT2D eigenvalue weighted by Gasteiger charge is 2.30. The van der Waals surface area contributed by atoms with Gasteiger partial charge in [0.15, 0.2) is 5.11 Å². The summed E-state index contributed by atoms with van der Waals surface area (Å²) in [6.45, 7) is 3.79. The minimum Gasteiger partial charge on any atom is -0.361 e. The first-order chi connectivity index (χ1) is 10.4. The number of piperidine rings is 1. The molecule has 1 aliphatic rings. The van der Waals surface area contributed by atoms with Crippen molar-refractivity contribution in [1.29, 1.82) is 0 Å². The smallest absolute Gasteiger partial charge is 0.361 e. The Hall–Kier alpha value is -1.34. The van der Waals surface area contributed by atoms with Gasteiger partial charge in [0.1, 0.15) is 0 Å². The van der Waals surface area contributed by atoms with Crippen molar-refractivity contribution >= 4 is 23.0 Å². The van der Waals surface area contributed by atoms with Crippen LogP contribution in [0.3, 0.4) is 0 Å². The number of benzene rings is 1. The van der Waals surface area contributed by atoms with Crippen molar-refractivity contribution in [2.45, 2.75) is 25.4 Å². The molecule has 2 rings (SSSR count). The molecule has 2 N–H and O–H groups in total. The van der Waals surface area contributed by atoms with Crippen molar-refractivity contribution in [2.75, 3.05) is 31.5 Å². The molecule has 1 heterocycles. The van der Waals surface area contributed by atoms with Gasteiger partial charge in [-0.15, -0.1) is 0 Å². The Morgan fingerprint density at radius 1 is 1.18 bits per heavy atom. The fraction of sp³-hybridized carbons (Fsp3) is 0.533. The first-order valence-corrected chi connectivity index (χ1v) is 7.80. The molecule has 0 spiro atoms. The standard InChI is InChI=1S/C15H20F3N3S/c16-15(17,18)12-5-4-6-13(11-12)20-14(22)19-7-10-21-8-2-1-3-9-21/h4-6,11H,1-3,7-10H2,(H2,19,20,22). The Kier molecular flexibility index (Phi) is 6.02. The van der Waals surface area contributed by atoms with E-state index < -0.39 is 11.7 Å². The lowest BCUT2D eigenvalue weighted by atomic mass is 10.1. The Balaban J connectivity index is 1.77. The second-order valence-corrected chi connectivity index (χ2v) is 5.77. The molecule has 1 aliphatic heterocycles. The zero-order valence-electron chi connectivity index (χ0n) is 12.2. The normalized spacial score (nSPS) is 16.3. The number of halogens is 3. The van der Waals surface area contributed by atoms with Gasteiger partial charge >= 0.3 is 6.18 Å². The minimum atomic E-state index is -4.35. The van der Waals surface area contributed by atoms with E-state index in [9.17, 15) is 13.2 Å². The van der Waals surface area contributed by atoms with Gasteiger partial charge in [-0.3, -0.25) is 0 Å². The maximum atomic E-state index is 12.6. The van der Waals surface area contributed by atoms with Gasteiger partial charge < -0.3 is 15.5 Å². The van der Waals surface area contributed by atoms with Gasteiger partial charge in [-0.25, -0.2) is 0 Å². The summed E-state index contributed by atoms with van der Waals surface area (Å²) in [5.41, 5.74) is -0.348. The van der Waals surface area contributed by atoms with Crippen LogP contribution in [0.2, 0.25) is 0 Å². The van der Waals surface area contributed by atoms with Crippen LogP contribution in [0.25, 0.3) is 0 Å². The number of nitrogens with one attached hydrogen (secondary N) is 2. The van der Waals surface area contributed by atoms with Crippen molar-refractivity contribution in [3.05, 3.63) is 29.8 Å². The number of likely N-dealkylation sites (tertiary alicyclic amines) is 1. The van der Waals surface area contributed by atoms with E-state index in [2.05, 4.69) is 15.5 Å². The summed E-state index contributed by atoms with van der Waals surface area (Å²) in [6, 6.07) is 5.02. The van der Waals surface area contributed by atoms with Gasteiger partial charge in [0, 0.05) is 18.8 Å². The fourth-order valence-corrected chi connectivity index (χ4v) is 2.68. The summed E-state index contributed by atoms with van der Waals surface area (Å²) in [4.78, 5) is 2.36. The topological polar surface area (TPSA) is 27.3 Å². The van der Waals surface area contributed by atoms with Crippen LogP contribution in [0.1, 0.15) is 24.8 Å². The molecule has 22 heavy (non-hydrogen) atoms. The van der Waals surface area contributed by atoms with E-state index in [1.165, 1.54) is 25.3 Å². The average Bonchev–Trinajstić information content (AvgIpc) is 2.48. The zero-order chi connectivity index (χ0) is 16.0. The van der Waals surface area contributed by atoms with Crippen molar-refractivity contribution in [3.8, 4) is 0 Å². The summed E-state index contributed by atoms with van der Waals surface area (Å²) in [5, 5.41) is 6.17. The number of nitrogens with zero attached hydrogens (tertiary/aromatic N) is 1. The largest absolute Gasteiger partial charge is 0.416 e. The van der Waals surface area contributed by atoms with Gasteiger partial charge in [-0.1, -0.05) is 12.5 Å². The first-order valence-electron chi connectivity index (χ1n) is 7.39. The quantitative estimate of drug-likeness (QED) is 0.826. The molecule has 1 aromatic rings. The van der Waals surface area contributed by atoms with E-state index in [1.54, 1.807) is 6.07 Å². The lowest BCUT2D eigenvalue weighted by Gasteiger charge is -2.26. The van der Waals surface area contributed by atoms with Crippen LogP contribution in [-0.2, 0) is 6.18 Å². The van der Waals surface area contributed by atoms with Crippen molar-refractivity contribution in [3.63, 3.8) is 0 Å². The molecule has 1 aromatic carbocycles. The Labute approximate surface area is 133 Å². The van der Waals surface area contributed by atoms with Crippen LogP contribution in [-0.4, -0.2) is 36.2 Å². The highest BCUT2D eigenvalue weighted by atomic mass is 32.1. The number of thiocarbonyl (C=S) groups is 1. The number of hydrogen-bond donors (Lipinski definition) is 2. The van der Waals surface area contributed by atoms with E-state index in [0.29, 0.717) is 17.3 Å². The third-order valence-corrected chi connectivity index (χ3v) is 3.86. The van der Waals surface area contributed by atoms with E-state index in [1.807, 2.05) is 0 Å². The number of hydrogen-bond acceptors (Lipinski definition) is 2. The molecule has 0 bridgehead atoms. The molecular weight excluding hydrogens is 311 g/mol. The van der Waals surface area contributed by atoms with Gasteiger partial charge in [-0.2, -0.15) is 13.2 Å². The summed E-state index contributed by atoms with van der Waals surface area (Å²) in [7, 11) is 0. The Morgan fingerprint density at radius 3 is 2.59 bits per heavy atom. The van der Waals surface area contributed by atoms with Crippen LogP contribution in [0.15, 0.2) is 24.3 Å². The molecule has 0 aromatic heterocycles. The lowest BCUT2D eigenvalue weighted by Crippen LogP contribution is -2.39. The molecule has 0 saturated carbocycles. The minimum absolute atomic E-state index is 0.338. The van der Waals surface area contributed by atoms with Gasteiger partial charge in [0.25, 0.3) is 0 Å². The zero-order valence-corrected chi connectivity index (χ0v) is 13.1. The second-order valence-electron chi connectivity index (χ2n) is 5.36. The maximum Gasteiger partial charge on any atom is 0.416 e. The van der Waals surface area contributed by atoms with Crippen LogP contribution in [0.5, 0.6) is 0 Å². The molecular formula is C15H20F3N3S. The molecule has 0 amide bonds. The molecule has 122 valence electrons. The van der Waals surface area contributed by atoms with Crippen LogP contribution in [0.4, 0.5) is 18.9 Å². The third kappa shape index (κ3) is 5.46. The van der Waals surface area contributed by atoms with Crippen LogP contribution < -0.4 is 10.6 Å². The van der Waals surface area contributed by atoms with Gasteiger partial charge in [-0.05, 0) is 56.3 Å².